The summed E-state index contributed by atoms with van der Waals surface area (Å²) in [6.07, 6.45) is -2.29. The maximum Gasteiger partial charge on any atom is 0.303 e. The van der Waals surface area contributed by atoms with E-state index in [1.165, 1.54) is 25.3 Å². The second-order valence-electron chi connectivity index (χ2n) is 6.92. The molecule has 0 aliphatic carbocycles. The van der Waals surface area contributed by atoms with Crippen LogP contribution in [-0.2, 0) is 38.1 Å². The highest BCUT2D eigenvalue weighted by Gasteiger charge is 2.51. The van der Waals surface area contributed by atoms with Crippen LogP contribution in [0.1, 0.15) is 27.7 Å². The van der Waals surface area contributed by atoms with Gasteiger partial charge in [-0.2, -0.15) is 0 Å². The first-order chi connectivity index (χ1) is 15.5. The van der Waals surface area contributed by atoms with E-state index in [-0.39, 0.29) is 17.3 Å². The Morgan fingerprint density at radius 2 is 1.76 bits per heavy atom. The van der Waals surface area contributed by atoms with Crippen molar-refractivity contribution in [1.82, 2.24) is 10.3 Å². The summed E-state index contributed by atoms with van der Waals surface area (Å²) in [5.41, 5.74) is -1.41. The van der Waals surface area contributed by atoms with Gasteiger partial charge in [0.2, 0.25) is 5.91 Å². The zero-order chi connectivity index (χ0) is 24.7. The van der Waals surface area contributed by atoms with Gasteiger partial charge in [-0.25, -0.2) is 4.98 Å². The number of esters is 3. The molecule has 0 radical (unpaired) electrons. The number of ether oxygens (including phenoxy) is 4. The number of rotatable bonds is 8. The Kier molecular flexibility index (Phi) is 9.11. The molecule has 2 rings (SSSR count). The summed E-state index contributed by atoms with van der Waals surface area (Å²) < 4.78 is 21.6. The van der Waals surface area contributed by atoms with E-state index in [0.717, 1.165) is 32.5 Å². The molecule has 1 aromatic rings. The minimum atomic E-state index is -1.26. The Balaban J connectivity index is 2.51. The monoisotopic (exact) mass is 485 g/mol. The Labute approximate surface area is 192 Å². The standard InChI is InChI=1S/C19H23N3O10S/c1-9(23)21-15-17(31-12(4)26)16(30-11(3)25)14(8-29-10(2)24)32-19(15)33-18-13(22(27)28)6-5-7-20-18/h5-7,14-17,19H,8H2,1-4H3,(H,21,23)/t14-,15-,16-,17-,19+/m1/s1. The quantitative estimate of drug-likeness (QED) is 0.237. The molecule has 0 spiro atoms. The predicted molar refractivity (Wildman–Crippen MR) is 111 cm³/mol. The van der Waals surface area contributed by atoms with Crippen molar-refractivity contribution in [2.24, 2.45) is 0 Å². The smallest absolute Gasteiger partial charge is 0.303 e. The third-order valence-electron chi connectivity index (χ3n) is 4.25. The average Bonchev–Trinajstić information content (AvgIpc) is 2.70. The molecule has 1 aromatic heterocycles. The van der Waals surface area contributed by atoms with Gasteiger partial charge in [0, 0.05) is 40.0 Å². The number of carbonyl (C=O) groups is 4. The largest absolute Gasteiger partial charge is 0.463 e. The lowest BCUT2D eigenvalue weighted by molar-refractivity contribution is -0.388. The fraction of sp³-hybridized carbons (Fsp3) is 0.526. The molecule has 14 heteroatoms. The molecular formula is C19H23N3O10S. The van der Waals surface area contributed by atoms with Crippen LogP contribution in [0, 0.1) is 10.1 Å². The van der Waals surface area contributed by atoms with Crippen molar-refractivity contribution < 1.29 is 43.0 Å². The van der Waals surface area contributed by atoms with Crippen molar-refractivity contribution in [3.8, 4) is 0 Å². The molecule has 0 aromatic carbocycles. The van der Waals surface area contributed by atoms with E-state index in [0.29, 0.717) is 0 Å². The molecule has 13 nitrogen and oxygen atoms in total. The minimum Gasteiger partial charge on any atom is -0.463 e. The SMILES string of the molecule is CC(=O)N[C@@H]1[C@@H](OC(C)=O)[C@H](OC(C)=O)[C@@H](COC(C)=O)O[C@H]1Sc1ncccc1[N+](=O)[O-]. The average molecular weight is 485 g/mol. The van der Waals surface area contributed by atoms with Crippen molar-refractivity contribution in [2.75, 3.05) is 6.61 Å². The molecule has 0 unspecified atom stereocenters. The third kappa shape index (κ3) is 7.39. The van der Waals surface area contributed by atoms with E-state index in [1.54, 1.807) is 0 Å². The van der Waals surface area contributed by atoms with Crippen molar-refractivity contribution in [1.29, 1.82) is 0 Å². The van der Waals surface area contributed by atoms with Gasteiger partial charge in [0.05, 0.1) is 4.92 Å². The molecule has 1 saturated heterocycles. The Bertz CT molecular complexity index is 927. The highest BCUT2D eigenvalue weighted by atomic mass is 32.2. The van der Waals surface area contributed by atoms with Crippen LogP contribution in [0.2, 0.25) is 0 Å². The van der Waals surface area contributed by atoms with Crippen molar-refractivity contribution in [3.05, 3.63) is 28.4 Å². The zero-order valence-electron chi connectivity index (χ0n) is 18.2. The molecule has 1 aliphatic heterocycles. The van der Waals surface area contributed by atoms with Gasteiger partial charge in [0.15, 0.2) is 17.2 Å². The number of carbonyl (C=O) groups excluding carboxylic acids is 4. The summed E-state index contributed by atoms with van der Waals surface area (Å²) >= 11 is 0.797. The summed E-state index contributed by atoms with van der Waals surface area (Å²) in [6, 6.07) is 1.53. The number of aromatic nitrogens is 1. The highest BCUT2D eigenvalue weighted by Crippen LogP contribution is 2.38. The first-order valence-electron chi connectivity index (χ1n) is 9.66. The summed E-state index contributed by atoms with van der Waals surface area (Å²) in [5, 5.41) is 14.0. The fourth-order valence-corrected chi connectivity index (χ4v) is 4.29. The van der Waals surface area contributed by atoms with Crippen LogP contribution in [0.15, 0.2) is 23.4 Å². The lowest BCUT2D eigenvalue weighted by Gasteiger charge is -2.44. The summed E-state index contributed by atoms with van der Waals surface area (Å²) in [5.74, 6) is -2.64. The molecule has 0 bridgehead atoms. The molecule has 180 valence electrons. The van der Waals surface area contributed by atoms with Crippen LogP contribution in [0.4, 0.5) is 5.69 Å². The van der Waals surface area contributed by atoms with Crippen LogP contribution in [0.5, 0.6) is 0 Å². The molecule has 5 atom stereocenters. The molecule has 2 heterocycles. The number of thioether (sulfide) groups is 1. The molecule has 1 amide bonds. The number of hydrogen-bond acceptors (Lipinski definition) is 12. The Morgan fingerprint density at radius 3 is 2.30 bits per heavy atom. The lowest BCUT2D eigenvalue weighted by atomic mass is 9.97. The van der Waals surface area contributed by atoms with Gasteiger partial charge in [0.1, 0.15) is 24.2 Å². The lowest BCUT2D eigenvalue weighted by Crippen LogP contribution is -2.65. The maximum absolute atomic E-state index is 11.9. The minimum absolute atomic E-state index is 0.0263. The van der Waals surface area contributed by atoms with Gasteiger partial charge in [-0.15, -0.1) is 0 Å². The number of pyridine rings is 1. The van der Waals surface area contributed by atoms with E-state index in [1.807, 2.05) is 0 Å². The number of amides is 1. The van der Waals surface area contributed by atoms with E-state index in [2.05, 4.69) is 10.3 Å². The van der Waals surface area contributed by atoms with Gasteiger partial charge < -0.3 is 24.3 Å². The van der Waals surface area contributed by atoms with E-state index >= 15 is 0 Å². The van der Waals surface area contributed by atoms with Crippen LogP contribution in [0.3, 0.4) is 0 Å². The summed E-state index contributed by atoms with van der Waals surface area (Å²) in [4.78, 5) is 61.7. The van der Waals surface area contributed by atoms with Crippen LogP contribution < -0.4 is 5.32 Å². The van der Waals surface area contributed by atoms with Crippen molar-refractivity contribution >= 4 is 41.3 Å². The van der Waals surface area contributed by atoms with Gasteiger partial charge in [-0.1, -0.05) is 11.8 Å². The van der Waals surface area contributed by atoms with Gasteiger partial charge in [-0.05, 0) is 6.07 Å². The molecular weight excluding hydrogens is 462 g/mol. The molecule has 33 heavy (non-hydrogen) atoms. The van der Waals surface area contributed by atoms with Crippen LogP contribution in [0.25, 0.3) is 0 Å². The molecule has 1 fully saturated rings. The summed E-state index contributed by atoms with van der Waals surface area (Å²) in [6.45, 7) is 4.24. The molecule has 1 N–H and O–H groups in total. The zero-order valence-corrected chi connectivity index (χ0v) is 19.0. The second-order valence-corrected chi connectivity index (χ2v) is 8.01. The topological polar surface area (TPSA) is 173 Å². The van der Waals surface area contributed by atoms with Crippen molar-refractivity contribution in [3.63, 3.8) is 0 Å². The van der Waals surface area contributed by atoms with Crippen molar-refractivity contribution in [2.45, 2.75) is 62.5 Å². The maximum atomic E-state index is 11.9. The van der Waals surface area contributed by atoms with Crippen LogP contribution >= 0.6 is 11.8 Å². The molecule has 0 saturated carbocycles. The Hall–Kier alpha value is -3.26. The number of nitro groups is 1. The second kappa shape index (κ2) is 11.6. The van der Waals surface area contributed by atoms with E-state index in [9.17, 15) is 29.3 Å². The van der Waals surface area contributed by atoms with Gasteiger partial charge >= 0.3 is 23.6 Å². The van der Waals surface area contributed by atoms with Gasteiger partial charge in [0.25, 0.3) is 0 Å². The first kappa shape index (κ1) is 26.0. The van der Waals surface area contributed by atoms with E-state index in [4.69, 9.17) is 18.9 Å². The number of nitrogens with one attached hydrogen (secondary N) is 1. The predicted octanol–water partition coefficient (Wildman–Crippen LogP) is 0.738. The normalized spacial score (nSPS) is 24.3. The highest BCUT2D eigenvalue weighted by molar-refractivity contribution is 7.99. The number of hydrogen-bond donors (Lipinski definition) is 1. The van der Waals surface area contributed by atoms with Crippen LogP contribution in [-0.4, -0.2) is 70.1 Å². The number of nitrogens with zero attached hydrogens (tertiary/aromatic N) is 2. The summed E-state index contributed by atoms with van der Waals surface area (Å²) in [7, 11) is 0. The first-order valence-corrected chi connectivity index (χ1v) is 10.5. The fourth-order valence-electron chi connectivity index (χ4n) is 3.11. The Morgan fingerprint density at radius 1 is 1.12 bits per heavy atom. The van der Waals surface area contributed by atoms with Gasteiger partial charge in [-0.3, -0.25) is 29.3 Å². The van der Waals surface area contributed by atoms with E-state index < -0.39 is 58.5 Å². The third-order valence-corrected chi connectivity index (χ3v) is 5.42. The molecule has 1 aliphatic rings.